The molecule has 0 heterocycles. The Morgan fingerprint density at radius 1 is 1.63 bits per heavy atom. The minimum Gasteiger partial charge on any atom is -0.258 e. The molecule has 0 aromatic heterocycles. The smallest absolute Gasteiger partial charge is 0.258 e. The molecule has 1 aromatic carbocycles. The average molecular weight is 262 g/mol. The molecule has 0 aliphatic heterocycles. The molecule has 0 saturated heterocycles. The van der Waals surface area contributed by atoms with Crippen molar-refractivity contribution in [3.63, 3.8) is 0 Å². The molecule has 0 radical (unpaired) electrons. The fourth-order valence-corrected chi connectivity index (χ4v) is 2.93. The Morgan fingerprint density at radius 2 is 2.37 bits per heavy atom. The van der Waals surface area contributed by atoms with Gasteiger partial charge in [-0.15, -0.1) is 0 Å². The van der Waals surface area contributed by atoms with Gasteiger partial charge < -0.3 is 0 Å². The van der Waals surface area contributed by atoms with Gasteiger partial charge in [0.1, 0.15) is 5.82 Å². The maximum Gasteiger partial charge on any atom is 0.272 e. The van der Waals surface area contributed by atoms with Crippen LogP contribution in [0.25, 0.3) is 0 Å². The zero-order valence-corrected chi connectivity index (χ0v) is 10.7. The maximum atomic E-state index is 13.3. The molecule has 0 spiro atoms. The van der Waals surface area contributed by atoms with E-state index < -0.39 is 16.2 Å². The van der Waals surface area contributed by atoms with Gasteiger partial charge in [-0.05, 0) is 43.7 Å². The number of hydrogen-bond donors (Lipinski definition) is 0. The molecular formula is C14H15FN2O2. The van der Waals surface area contributed by atoms with Gasteiger partial charge in [0, 0.05) is 11.6 Å². The average Bonchev–Trinajstić information content (AvgIpc) is 2.71. The molecule has 0 N–H and O–H groups in total. The Hall–Kier alpha value is -1.96. The second kappa shape index (κ2) is 4.96. The number of nitro groups is 1. The van der Waals surface area contributed by atoms with Crippen molar-refractivity contribution in [2.45, 2.75) is 32.6 Å². The van der Waals surface area contributed by atoms with Crippen LogP contribution >= 0.6 is 0 Å². The van der Waals surface area contributed by atoms with Crippen molar-refractivity contribution in [2.75, 3.05) is 0 Å². The van der Waals surface area contributed by atoms with Gasteiger partial charge in [-0.25, -0.2) is 4.39 Å². The number of nitriles is 1. The van der Waals surface area contributed by atoms with Crippen molar-refractivity contribution in [1.29, 1.82) is 5.26 Å². The van der Waals surface area contributed by atoms with Crippen molar-refractivity contribution < 1.29 is 9.31 Å². The summed E-state index contributed by atoms with van der Waals surface area (Å²) in [6.45, 7) is 2.07. The fraction of sp³-hybridized carbons (Fsp3) is 0.500. The third-order valence-electron chi connectivity index (χ3n) is 3.86. The van der Waals surface area contributed by atoms with E-state index in [2.05, 4.69) is 13.0 Å². The van der Waals surface area contributed by atoms with Gasteiger partial charge in [0.2, 0.25) is 0 Å². The van der Waals surface area contributed by atoms with E-state index in [0.29, 0.717) is 11.5 Å². The molecule has 1 aromatic rings. The van der Waals surface area contributed by atoms with Crippen molar-refractivity contribution in [3.05, 3.63) is 39.7 Å². The molecule has 1 fully saturated rings. The highest BCUT2D eigenvalue weighted by Gasteiger charge is 2.39. The molecule has 100 valence electrons. The first-order chi connectivity index (χ1) is 8.96. The van der Waals surface area contributed by atoms with Crippen LogP contribution in [0.15, 0.2) is 18.2 Å². The van der Waals surface area contributed by atoms with E-state index in [1.807, 2.05) is 0 Å². The fourth-order valence-electron chi connectivity index (χ4n) is 2.93. The number of nitro benzene ring substituents is 1. The van der Waals surface area contributed by atoms with E-state index in [-0.39, 0.29) is 12.1 Å². The largest absolute Gasteiger partial charge is 0.272 e. The molecule has 1 aliphatic rings. The Morgan fingerprint density at radius 3 is 2.89 bits per heavy atom. The Balaban J connectivity index is 2.35. The minimum absolute atomic E-state index is 0.101. The molecule has 4 nitrogen and oxygen atoms in total. The first-order valence-electron chi connectivity index (χ1n) is 6.30. The third-order valence-corrected chi connectivity index (χ3v) is 3.86. The van der Waals surface area contributed by atoms with Crippen LogP contribution in [-0.2, 0) is 6.42 Å². The lowest BCUT2D eigenvalue weighted by Gasteiger charge is -2.20. The summed E-state index contributed by atoms with van der Waals surface area (Å²) in [5.41, 5.74) is -0.367. The normalized spacial score (nSPS) is 26.1. The SMILES string of the molecule is CC1CCC(C#N)(Cc2cc(F)ccc2[N+](=O)[O-])C1. The molecule has 19 heavy (non-hydrogen) atoms. The molecule has 1 aliphatic carbocycles. The second-order valence-corrected chi connectivity index (χ2v) is 5.45. The highest BCUT2D eigenvalue weighted by atomic mass is 19.1. The van der Waals surface area contributed by atoms with E-state index in [1.54, 1.807) is 0 Å². The maximum absolute atomic E-state index is 13.3. The lowest BCUT2D eigenvalue weighted by atomic mass is 9.80. The molecule has 2 rings (SSSR count). The van der Waals surface area contributed by atoms with Crippen LogP contribution in [0.1, 0.15) is 31.7 Å². The van der Waals surface area contributed by atoms with Crippen molar-refractivity contribution in [1.82, 2.24) is 0 Å². The van der Waals surface area contributed by atoms with Crippen LogP contribution in [0.3, 0.4) is 0 Å². The Bertz CT molecular complexity index is 553. The summed E-state index contributed by atoms with van der Waals surface area (Å²) < 4.78 is 13.3. The van der Waals surface area contributed by atoms with Crippen LogP contribution in [0.4, 0.5) is 10.1 Å². The first-order valence-corrected chi connectivity index (χ1v) is 6.30. The summed E-state index contributed by atoms with van der Waals surface area (Å²) >= 11 is 0. The number of hydrogen-bond acceptors (Lipinski definition) is 3. The van der Waals surface area contributed by atoms with Crippen LogP contribution in [0, 0.1) is 38.6 Å². The molecular weight excluding hydrogens is 247 g/mol. The molecule has 0 amide bonds. The molecule has 2 unspecified atom stereocenters. The molecule has 2 atom stereocenters. The summed E-state index contributed by atoms with van der Waals surface area (Å²) in [5.74, 6) is -0.0630. The van der Waals surface area contributed by atoms with E-state index in [1.165, 1.54) is 12.1 Å². The molecule has 5 heteroatoms. The molecule has 0 bridgehead atoms. The zero-order chi connectivity index (χ0) is 14.0. The summed E-state index contributed by atoms with van der Waals surface area (Å²) in [7, 11) is 0. The third kappa shape index (κ3) is 2.73. The Kier molecular flexibility index (Phi) is 3.52. The van der Waals surface area contributed by atoms with Crippen molar-refractivity contribution in [3.8, 4) is 6.07 Å². The topological polar surface area (TPSA) is 66.9 Å². The Labute approximate surface area is 111 Å². The molecule has 1 saturated carbocycles. The van der Waals surface area contributed by atoms with Gasteiger partial charge in [-0.1, -0.05) is 6.92 Å². The van der Waals surface area contributed by atoms with Gasteiger partial charge in [-0.2, -0.15) is 5.26 Å². The lowest BCUT2D eigenvalue weighted by Crippen LogP contribution is -2.18. The second-order valence-electron chi connectivity index (χ2n) is 5.45. The number of nitrogens with zero attached hydrogens (tertiary/aromatic N) is 2. The monoisotopic (exact) mass is 262 g/mol. The van der Waals surface area contributed by atoms with Gasteiger partial charge in [0.25, 0.3) is 5.69 Å². The van der Waals surface area contributed by atoms with Crippen LogP contribution in [0.2, 0.25) is 0 Å². The van der Waals surface area contributed by atoms with Crippen LogP contribution < -0.4 is 0 Å². The van der Waals surface area contributed by atoms with Gasteiger partial charge in [-0.3, -0.25) is 10.1 Å². The van der Waals surface area contributed by atoms with E-state index in [4.69, 9.17) is 0 Å². The van der Waals surface area contributed by atoms with Crippen molar-refractivity contribution >= 4 is 5.69 Å². The first kappa shape index (κ1) is 13.5. The van der Waals surface area contributed by atoms with E-state index >= 15 is 0 Å². The van der Waals surface area contributed by atoms with Gasteiger partial charge in [0.15, 0.2) is 0 Å². The van der Waals surface area contributed by atoms with Crippen molar-refractivity contribution in [2.24, 2.45) is 11.3 Å². The summed E-state index contributed by atoms with van der Waals surface area (Å²) in [6, 6.07) is 5.73. The van der Waals surface area contributed by atoms with E-state index in [9.17, 15) is 19.8 Å². The van der Waals surface area contributed by atoms with Gasteiger partial charge >= 0.3 is 0 Å². The van der Waals surface area contributed by atoms with Gasteiger partial charge in [0.05, 0.1) is 16.4 Å². The zero-order valence-electron chi connectivity index (χ0n) is 10.7. The minimum atomic E-state index is -0.585. The number of halogens is 1. The van der Waals surface area contributed by atoms with Crippen LogP contribution in [-0.4, -0.2) is 4.92 Å². The predicted molar refractivity (Wildman–Crippen MR) is 67.8 cm³/mol. The highest BCUT2D eigenvalue weighted by Crippen LogP contribution is 2.44. The highest BCUT2D eigenvalue weighted by molar-refractivity contribution is 5.41. The quantitative estimate of drug-likeness (QED) is 0.617. The number of rotatable bonds is 3. The summed E-state index contributed by atoms with van der Waals surface area (Å²) in [5, 5.41) is 20.3. The predicted octanol–water partition coefficient (Wildman–Crippen LogP) is 3.61. The summed E-state index contributed by atoms with van der Waals surface area (Å²) in [6.07, 6.45) is 2.63. The van der Waals surface area contributed by atoms with E-state index in [0.717, 1.165) is 25.3 Å². The number of benzene rings is 1. The van der Waals surface area contributed by atoms with Crippen LogP contribution in [0.5, 0.6) is 0 Å². The summed E-state index contributed by atoms with van der Waals surface area (Å²) in [4.78, 5) is 10.4. The lowest BCUT2D eigenvalue weighted by molar-refractivity contribution is -0.385. The standard InChI is InChI=1S/C14H15FN2O2/c1-10-4-5-14(7-10,9-16)8-11-6-12(15)2-3-13(11)17(18)19/h2-3,6,10H,4-5,7-8H2,1H3.